The van der Waals surface area contributed by atoms with Crippen molar-refractivity contribution < 1.29 is 0 Å². The Hall–Kier alpha value is -0.661. The zero-order valence-electron chi connectivity index (χ0n) is 10.5. The molecule has 0 N–H and O–H groups in total. The summed E-state index contributed by atoms with van der Waals surface area (Å²) < 4.78 is 2.82. The van der Waals surface area contributed by atoms with Crippen molar-refractivity contribution >= 4 is 42.8 Å². The number of thioether (sulfide) groups is 1. The SMILES string of the molecule is ClCC/C=C(\Sc1ccccc1)[Se]c1ccccc1. The van der Waals surface area contributed by atoms with Gasteiger partial charge < -0.3 is 0 Å². The van der Waals surface area contributed by atoms with Gasteiger partial charge in [0.2, 0.25) is 0 Å². The molecule has 0 radical (unpaired) electrons. The molecule has 0 aromatic heterocycles. The van der Waals surface area contributed by atoms with E-state index in [1.165, 1.54) is 13.2 Å². The first-order valence-corrected chi connectivity index (χ1v) is 9.17. The van der Waals surface area contributed by atoms with Crippen molar-refractivity contribution in [2.45, 2.75) is 11.3 Å². The van der Waals surface area contributed by atoms with E-state index in [-0.39, 0.29) is 0 Å². The number of alkyl halides is 1. The average Bonchev–Trinajstić information content (AvgIpc) is 2.47. The summed E-state index contributed by atoms with van der Waals surface area (Å²) in [5.74, 6) is 0.684. The van der Waals surface area contributed by atoms with Crippen LogP contribution in [0.4, 0.5) is 0 Å². The monoisotopic (exact) mass is 354 g/mol. The normalized spacial score (nSPS) is 11.5. The molecule has 98 valence electrons. The Morgan fingerprint density at radius 3 is 2.26 bits per heavy atom. The summed E-state index contributed by atoms with van der Waals surface area (Å²) >= 11 is 8.01. The van der Waals surface area contributed by atoms with Crippen molar-refractivity contribution in [2.75, 3.05) is 5.88 Å². The predicted octanol–water partition coefficient (Wildman–Crippen LogP) is 4.28. The molecule has 0 unspecified atom stereocenters. The molecule has 2 aromatic carbocycles. The van der Waals surface area contributed by atoms with E-state index in [0.29, 0.717) is 20.8 Å². The molecule has 2 aromatic rings. The second-order valence-corrected chi connectivity index (χ2v) is 8.25. The van der Waals surface area contributed by atoms with Gasteiger partial charge in [-0.15, -0.1) is 0 Å². The van der Waals surface area contributed by atoms with E-state index in [2.05, 4.69) is 66.7 Å². The van der Waals surface area contributed by atoms with Crippen LogP contribution < -0.4 is 4.46 Å². The Kier molecular flexibility index (Phi) is 6.59. The Bertz CT molecular complexity index is 467. The van der Waals surface area contributed by atoms with Crippen molar-refractivity contribution in [1.82, 2.24) is 0 Å². The van der Waals surface area contributed by atoms with Gasteiger partial charge in [-0.3, -0.25) is 0 Å². The van der Waals surface area contributed by atoms with Crippen LogP contribution in [0.15, 0.2) is 75.4 Å². The van der Waals surface area contributed by atoms with Gasteiger partial charge in [-0.05, 0) is 0 Å². The molecule has 0 saturated heterocycles. The van der Waals surface area contributed by atoms with Crippen molar-refractivity contribution in [2.24, 2.45) is 0 Å². The van der Waals surface area contributed by atoms with Crippen molar-refractivity contribution in [3.8, 4) is 0 Å². The van der Waals surface area contributed by atoms with Crippen molar-refractivity contribution in [3.05, 3.63) is 70.5 Å². The molecule has 0 aliphatic carbocycles. The predicted molar refractivity (Wildman–Crippen MR) is 87.5 cm³/mol. The zero-order chi connectivity index (χ0) is 13.3. The molecule has 19 heavy (non-hydrogen) atoms. The first-order chi connectivity index (χ1) is 9.38. The fraction of sp³-hybridized carbons (Fsp3) is 0.125. The summed E-state index contributed by atoms with van der Waals surface area (Å²) in [4.78, 5) is 1.29. The van der Waals surface area contributed by atoms with Crippen molar-refractivity contribution in [3.63, 3.8) is 0 Å². The summed E-state index contributed by atoms with van der Waals surface area (Å²) in [7, 11) is 0. The van der Waals surface area contributed by atoms with Crippen LogP contribution in [0.5, 0.6) is 0 Å². The summed E-state index contributed by atoms with van der Waals surface area (Å²) in [6.07, 6.45) is 3.21. The van der Waals surface area contributed by atoms with Crippen LogP contribution >= 0.6 is 23.4 Å². The Labute approximate surface area is 130 Å². The van der Waals surface area contributed by atoms with Gasteiger partial charge in [-0.2, -0.15) is 0 Å². The number of hydrogen-bond acceptors (Lipinski definition) is 1. The second kappa shape index (κ2) is 8.50. The molecule has 0 aliphatic rings. The molecule has 0 bridgehead atoms. The van der Waals surface area contributed by atoms with E-state index in [0.717, 1.165) is 6.42 Å². The topological polar surface area (TPSA) is 0 Å². The summed E-state index contributed by atoms with van der Waals surface area (Å²) in [5.41, 5.74) is 0. The third kappa shape index (κ3) is 5.46. The minimum atomic E-state index is 0.355. The summed E-state index contributed by atoms with van der Waals surface area (Å²) in [5, 5.41) is 0. The van der Waals surface area contributed by atoms with E-state index in [1.54, 1.807) is 0 Å². The maximum absolute atomic E-state index is 5.80. The third-order valence-corrected chi connectivity index (χ3v) is 6.23. The Morgan fingerprint density at radius 2 is 1.63 bits per heavy atom. The molecular weight excluding hydrogens is 339 g/mol. The molecule has 0 aliphatic heterocycles. The van der Waals surface area contributed by atoms with Gasteiger partial charge in [0.25, 0.3) is 0 Å². The fourth-order valence-electron chi connectivity index (χ4n) is 1.49. The van der Waals surface area contributed by atoms with E-state index >= 15 is 0 Å². The van der Waals surface area contributed by atoms with Gasteiger partial charge in [0.1, 0.15) is 0 Å². The number of halogens is 1. The summed E-state index contributed by atoms with van der Waals surface area (Å²) in [6.45, 7) is 0. The maximum atomic E-state index is 5.80. The standard InChI is InChI=1S/C16H15ClSSe/c17-13-7-12-16(18-14-8-3-1-4-9-14)19-15-10-5-2-6-11-15/h1-6,8-12H,7,13H2/b16-12+. The molecule has 0 saturated carbocycles. The van der Waals surface area contributed by atoms with E-state index < -0.39 is 0 Å². The fourth-order valence-corrected chi connectivity index (χ4v) is 5.26. The molecule has 2 rings (SSSR count). The van der Waals surface area contributed by atoms with E-state index in [1.807, 2.05) is 11.8 Å². The van der Waals surface area contributed by atoms with Gasteiger partial charge in [0, 0.05) is 0 Å². The van der Waals surface area contributed by atoms with Crippen LogP contribution in [0, 0.1) is 0 Å². The number of hydrogen-bond donors (Lipinski definition) is 0. The first-order valence-electron chi connectivity index (χ1n) is 6.10. The average molecular weight is 354 g/mol. The number of rotatable bonds is 6. The molecule has 3 heteroatoms. The van der Waals surface area contributed by atoms with Gasteiger partial charge in [0.15, 0.2) is 0 Å². The minimum absolute atomic E-state index is 0.355. The molecule has 0 fully saturated rings. The van der Waals surface area contributed by atoms with Crippen LogP contribution in [-0.2, 0) is 0 Å². The number of benzene rings is 2. The van der Waals surface area contributed by atoms with E-state index in [4.69, 9.17) is 11.6 Å². The second-order valence-electron chi connectivity index (χ2n) is 3.83. The van der Waals surface area contributed by atoms with Crippen LogP contribution in [0.2, 0.25) is 0 Å². The molecule has 0 heterocycles. The zero-order valence-corrected chi connectivity index (χ0v) is 13.7. The Morgan fingerprint density at radius 1 is 1.00 bits per heavy atom. The Balaban J connectivity index is 2.08. The molecule has 0 amide bonds. The van der Waals surface area contributed by atoms with Crippen molar-refractivity contribution in [1.29, 1.82) is 0 Å². The van der Waals surface area contributed by atoms with Crippen LogP contribution in [0.3, 0.4) is 0 Å². The quantitative estimate of drug-likeness (QED) is 0.424. The molecular formula is C16H15ClSSe. The van der Waals surface area contributed by atoms with Gasteiger partial charge >= 0.3 is 131 Å². The van der Waals surface area contributed by atoms with Gasteiger partial charge in [-0.1, -0.05) is 0 Å². The van der Waals surface area contributed by atoms with Gasteiger partial charge in [0.05, 0.1) is 0 Å². The molecule has 0 nitrogen and oxygen atoms in total. The molecule has 0 atom stereocenters. The van der Waals surface area contributed by atoms with Crippen LogP contribution in [-0.4, -0.2) is 20.8 Å². The van der Waals surface area contributed by atoms with Gasteiger partial charge in [-0.25, -0.2) is 0 Å². The molecule has 0 spiro atoms. The first kappa shape index (κ1) is 14.7. The van der Waals surface area contributed by atoms with Crippen LogP contribution in [0.1, 0.15) is 6.42 Å². The van der Waals surface area contributed by atoms with E-state index in [9.17, 15) is 0 Å². The third-order valence-electron chi connectivity index (χ3n) is 2.34. The summed E-state index contributed by atoms with van der Waals surface area (Å²) in [6, 6.07) is 21.2. The number of allylic oxidation sites excluding steroid dienone is 1. The van der Waals surface area contributed by atoms with Crippen LogP contribution in [0.25, 0.3) is 0 Å².